The topological polar surface area (TPSA) is 69.7 Å². The lowest BCUT2D eigenvalue weighted by Gasteiger charge is -2.38. The van der Waals surface area contributed by atoms with Gasteiger partial charge in [-0.2, -0.15) is 0 Å². The highest BCUT2D eigenvalue weighted by molar-refractivity contribution is 6.30. The minimum Gasteiger partial charge on any atom is -0.368 e. The van der Waals surface area contributed by atoms with Gasteiger partial charge in [-0.3, -0.25) is 14.4 Å². The molecular formula is C25H30ClN3O3. The van der Waals surface area contributed by atoms with Crippen LogP contribution in [0.3, 0.4) is 0 Å². The molecule has 1 saturated heterocycles. The number of halogens is 1. The number of carbonyl (C=O) groups is 3. The maximum Gasteiger partial charge on any atom is 0.251 e. The van der Waals surface area contributed by atoms with Crippen molar-refractivity contribution < 1.29 is 14.4 Å². The van der Waals surface area contributed by atoms with Crippen molar-refractivity contribution in [3.8, 4) is 0 Å². The molecule has 1 N–H and O–H groups in total. The number of nitrogens with one attached hydrogen (secondary N) is 1. The molecule has 0 radical (unpaired) electrons. The number of benzene rings is 2. The first-order valence-corrected chi connectivity index (χ1v) is 11.4. The third-order valence-corrected chi connectivity index (χ3v) is 6.35. The molecule has 3 rings (SSSR count). The van der Waals surface area contributed by atoms with E-state index in [0.717, 1.165) is 12.1 Å². The number of hydrogen-bond donors (Lipinski definition) is 1. The van der Waals surface area contributed by atoms with Crippen LogP contribution in [0.5, 0.6) is 0 Å². The van der Waals surface area contributed by atoms with E-state index in [1.807, 2.05) is 43.0 Å². The van der Waals surface area contributed by atoms with Gasteiger partial charge in [0, 0.05) is 48.0 Å². The number of Topliss-reactive ketones (excluding diaryl/α,β-unsaturated/α-hetero) is 1. The van der Waals surface area contributed by atoms with Crippen LogP contribution in [0.2, 0.25) is 5.02 Å². The molecule has 0 spiro atoms. The molecule has 2 amide bonds. The SMILES string of the molecule is CC[C@H](C)[C@H](NC(=O)c1ccc(Cl)cc1)C(=O)N1CCN(c2ccc(C(C)=O)cc2)CC1. The van der Waals surface area contributed by atoms with Crippen LogP contribution in [0.4, 0.5) is 5.69 Å². The zero-order chi connectivity index (χ0) is 23.3. The molecule has 0 unspecified atom stereocenters. The zero-order valence-electron chi connectivity index (χ0n) is 18.8. The highest BCUT2D eigenvalue weighted by atomic mass is 35.5. The van der Waals surface area contributed by atoms with Crippen LogP contribution in [0.25, 0.3) is 0 Å². The van der Waals surface area contributed by atoms with Gasteiger partial charge in [0.2, 0.25) is 5.91 Å². The van der Waals surface area contributed by atoms with Gasteiger partial charge in [-0.15, -0.1) is 0 Å². The first kappa shape index (κ1) is 23.8. The van der Waals surface area contributed by atoms with Crippen LogP contribution in [-0.2, 0) is 4.79 Å². The van der Waals surface area contributed by atoms with Gasteiger partial charge in [0.05, 0.1) is 0 Å². The highest BCUT2D eigenvalue weighted by Crippen LogP contribution is 2.20. The number of ketones is 1. The second kappa shape index (κ2) is 10.6. The summed E-state index contributed by atoms with van der Waals surface area (Å²) in [4.78, 5) is 41.6. The van der Waals surface area contributed by atoms with Gasteiger partial charge in [-0.25, -0.2) is 0 Å². The van der Waals surface area contributed by atoms with E-state index < -0.39 is 6.04 Å². The Kier molecular flexibility index (Phi) is 7.91. The fourth-order valence-electron chi connectivity index (χ4n) is 3.80. The fraction of sp³-hybridized carbons (Fsp3) is 0.400. The Morgan fingerprint density at radius 1 is 0.938 bits per heavy atom. The molecule has 2 aromatic rings. The molecule has 0 bridgehead atoms. The number of piperazine rings is 1. The van der Waals surface area contributed by atoms with Crippen LogP contribution in [-0.4, -0.2) is 54.7 Å². The summed E-state index contributed by atoms with van der Waals surface area (Å²) < 4.78 is 0. The standard InChI is InChI=1S/C25H30ClN3O3/c1-4-17(2)23(27-24(31)20-5-9-21(26)10-6-20)25(32)29-15-13-28(14-16-29)22-11-7-19(8-12-22)18(3)30/h5-12,17,23H,4,13-16H2,1-3H3,(H,27,31)/t17-,23-/m0/s1. The van der Waals surface area contributed by atoms with Crippen LogP contribution in [0.1, 0.15) is 47.9 Å². The molecule has 0 saturated carbocycles. The number of nitrogens with zero attached hydrogens (tertiary/aromatic N) is 2. The Bertz CT molecular complexity index is 951. The lowest BCUT2D eigenvalue weighted by atomic mass is 9.97. The monoisotopic (exact) mass is 455 g/mol. The van der Waals surface area contributed by atoms with Crippen molar-refractivity contribution in [1.29, 1.82) is 0 Å². The van der Waals surface area contributed by atoms with Crippen LogP contribution in [0, 0.1) is 5.92 Å². The number of hydrogen-bond acceptors (Lipinski definition) is 4. The quantitative estimate of drug-likeness (QED) is 0.640. The summed E-state index contributed by atoms with van der Waals surface area (Å²) in [6, 6.07) is 13.6. The van der Waals surface area contributed by atoms with E-state index in [4.69, 9.17) is 11.6 Å². The van der Waals surface area contributed by atoms with Crippen molar-refractivity contribution in [3.63, 3.8) is 0 Å². The third-order valence-electron chi connectivity index (χ3n) is 6.10. The minimum atomic E-state index is -0.579. The second-order valence-electron chi connectivity index (χ2n) is 8.26. The molecule has 7 heteroatoms. The van der Waals surface area contributed by atoms with Gasteiger partial charge in [0.15, 0.2) is 5.78 Å². The summed E-state index contributed by atoms with van der Waals surface area (Å²) >= 11 is 5.91. The van der Waals surface area contributed by atoms with Crippen LogP contribution in [0.15, 0.2) is 48.5 Å². The van der Waals surface area contributed by atoms with Crippen molar-refractivity contribution >= 4 is 34.9 Å². The first-order chi connectivity index (χ1) is 15.3. The van der Waals surface area contributed by atoms with Gasteiger partial charge in [0.1, 0.15) is 6.04 Å². The number of amides is 2. The molecule has 1 heterocycles. The van der Waals surface area contributed by atoms with E-state index >= 15 is 0 Å². The number of carbonyl (C=O) groups excluding carboxylic acids is 3. The summed E-state index contributed by atoms with van der Waals surface area (Å²) in [7, 11) is 0. The van der Waals surface area contributed by atoms with Crippen LogP contribution < -0.4 is 10.2 Å². The normalized spacial score (nSPS) is 15.8. The van der Waals surface area contributed by atoms with E-state index in [1.54, 1.807) is 31.2 Å². The number of rotatable bonds is 7. The molecule has 2 aromatic carbocycles. The molecule has 0 aromatic heterocycles. The smallest absolute Gasteiger partial charge is 0.251 e. The molecule has 170 valence electrons. The Hall–Kier alpha value is -2.86. The molecule has 6 nitrogen and oxygen atoms in total. The maximum atomic E-state index is 13.3. The van der Waals surface area contributed by atoms with Gasteiger partial charge < -0.3 is 15.1 Å². The zero-order valence-corrected chi connectivity index (χ0v) is 19.6. The van der Waals surface area contributed by atoms with Crippen molar-refractivity contribution in [2.24, 2.45) is 5.92 Å². The van der Waals surface area contributed by atoms with E-state index in [-0.39, 0.29) is 23.5 Å². The Labute approximate surface area is 194 Å². The summed E-state index contributed by atoms with van der Waals surface area (Å²) in [5.74, 6) is -0.266. The van der Waals surface area contributed by atoms with Gasteiger partial charge in [-0.05, 0) is 61.4 Å². The summed E-state index contributed by atoms with van der Waals surface area (Å²) in [5.41, 5.74) is 2.21. The fourth-order valence-corrected chi connectivity index (χ4v) is 3.92. The molecule has 1 aliphatic heterocycles. The van der Waals surface area contributed by atoms with E-state index in [0.29, 0.717) is 42.3 Å². The van der Waals surface area contributed by atoms with Crippen molar-refractivity contribution in [1.82, 2.24) is 10.2 Å². The van der Waals surface area contributed by atoms with Crippen molar-refractivity contribution in [3.05, 3.63) is 64.7 Å². The average Bonchev–Trinajstić information content (AvgIpc) is 2.82. The molecule has 1 fully saturated rings. The first-order valence-electron chi connectivity index (χ1n) is 11.0. The van der Waals surface area contributed by atoms with Gasteiger partial charge >= 0.3 is 0 Å². The Morgan fingerprint density at radius 2 is 1.50 bits per heavy atom. The summed E-state index contributed by atoms with van der Waals surface area (Å²) in [6.45, 7) is 8.11. The average molecular weight is 456 g/mol. The van der Waals surface area contributed by atoms with Gasteiger partial charge in [-0.1, -0.05) is 31.9 Å². The predicted molar refractivity (Wildman–Crippen MR) is 127 cm³/mol. The van der Waals surface area contributed by atoms with Crippen molar-refractivity contribution in [2.45, 2.75) is 33.2 Å². The minimum absolute atomic E-state index is 0.0101. The largest absolute Gasteiger partial charge is 0.368 e. The summed E-state index contributed by atoms with van der Waals surface area (Å²) in [6.07, 6.45) is 0.778. The molecule has 1 aliphatic rings. The predicted octanol–water partition coefficient (Wildman–Crippen LogP) is 4.04. The van der Waals surface area contributed by atoms with Crippen LogP contribution >= 0.6 is 11.6 Å². The summed E-state index contributed by atoms with van der Waals surface area (Å²) in [5, 5.41) is 3.50. The molecule has 32 heavy (non-hydrogen) atoms. The van der Waals surface area contributed by atoms with E-state index in [9.17, 15) is 14.4 Å². The second-order valence-corrected chi connectivity index (χ2v) is 8.70. The Morgan fingerprint density at radius 3 is 2.03 bits per heavy atom. The molecule has 2 atom stereocenters. The van der Waals surface area contributed by atoms with E-state index in [2.05, 4.69) is 10.2 Å². The molecular weight excluding hydrogens is 426 g/mol. The lowest BCUT2D eigenvalue weighted by Crippen LogP contribution is -2.56. The van der Waals surface area contributed by atoms with E-state index in [1.165, 1.54) is 0 Å². The highest BCUT2D eigenvalue weighted by Gasteiger charge is 2.32. The lowest BCUT2D eigenvalue weighted by molar-refractivity contribution is -0.134. The van der Waals surface area contributed by atoms with Crippen molar-refractivity contribution in [2.75, 3.05) is 31.1 Å². The van der Waals surface area contributed by atoms with Gasteiger partial charge in [0.25, 0.3) is 5.91 Å². The number of anilines is 1. The maximum absolute atomic E-state index is 13.3. The third kappa shape index (κ3) is 5.68. The molecule has 0 aliphatic carbocycles. The Balaban J connectivity index is 1.64.